The smallest absolute Gasteiger partial charge is 0.192 e. The zero-order chi connectivity index (χ0) is 12.6. The van der Waals surface area contributed by atoms with E-state index in [0.717, 1.165) is 30.9 Å². The van der Waals surface area contributed by atoms with Crippen molar-refractivity contribution in [2.45, 2.75) is 38.5 Å². The number of carbonyl (C=O) groups excluding carboxylic acids is 1. The standard InChI is InChI=1S/C15H25NO2/c1-18-3-2-16-10-14(17)15-7-11-4-12(8-15)6-13(5-11)9-15/h11-13,16H,2-10H2,1H3/p+1. The number of methoxy groups -OCH3 is 1. The van der Waals surface area contributed by atoms with Crippen LogP contribution in [-0.2, 0) is 9.53 Å². The molecule has 4 bridgehead atoms. The van der Waals surface area contributed by atoms with Gasteiger partial charge in [0.05, 0.1) is 13.2 Å². The van der Waals surface area contributed by atoms with Crippen LogP contribution in [-0.4, -0.2) is 32.6 Å². The maximum atomic E-state index is 12.6. The fourth-order valence-corrected chi connectivity index (χ4v) is 5.10. The summed E-state index contributed by atoms with van der Waals surface area (Å²) >= 11 is 0. The first kappa shape index (κ1) is 12.6. The van der Waals surface area contributed by atoms with E-state index in [2.05, 4.69) is 5.32 Å². The monoisotopic (exact) mass is 252 g/mol. The fourth-order valence-electron chi connectivity index (χ4n) is 5.10. The van der Waals surface area contributed by atoms with Crippen LogP contribution in [0, 0.1) is 23.2 Å². The average molecular weight is 252 g/mol. The van der Waals surface area contributed by atoms with E-state index in [1.54, 1.807) is 7.11 Å². The molecule has 3 nitrogen and oxygen atoms in total. The summed E-state index contributed by atoms with van der Waals surface area (Å²) in [6.07, 6.45) is 7.86. The Hall–Kier alpha value is -0.410. The summed E-state index contributed by atoms with van der Waals surface area (Å²) in [5.74, 6) is 3.16. The number of ether oxygens (including phenoxy) is 1. The normalized spacial score (nSPS) is 41.3. The number of hydrogen-bond donors (Lipinski definition) is 1. The molecule has 4 aliphatic rings. The van der Waals surface area contributed by atoms with Gasteiger partial charge in [-0.15, -0.1) is 0 Å². The molecule has 18 heavy (non-hydrogen) atoms. The summed E-state index contributed by atoms with van der Waals surface area (Å²) in [6, 6.07) is 0. The van der Waals surface area contributed by atoms with Crippen molar-refractivity contribution < 1.29 is 14.8 Å². The second kappa shape index (κ2) is 4.93. The molecule has 102 valence electrons. The van der Waals surface area contributed by atoms with Gasteiger partial charge in [-0.1, -0.05) is 0 Å². The van der Waals surface area contributed by atoms with E-state index in [1.807, 2.05) is 0 Å². The van der Waals surface area contributed by atoms with Gasteiger partial charge in [0.2, 0.25) is 0 Å². The SMILES string of the molecule is COCC[NH2+]CC(=O)C12CC3CC(CC(C3)C1)C2. The highest BCUT2D eigenvalue weighted by Crippen LogP contribution is 2.60. The van der Waals surface area contributed by atoms with Crippen molar-refractivity contribution in [3.05, 3.63) is 0 Å². The molecule has 0 aliphatic heterocycles. The molecule has 0 heterocycles. The summed E-state index contributed by atoms with van der Waals surface area (Å²) < 4.78 is 5.03. The van der Waals surface area contributed by atoms with Gasteiger partial charge >= 0.3 is 0 Å². The molecule has 0 amide bonds. The van der Waals surface area contributed by atoms with Crippen LogP contribution in [0.5, 0.6) is 0 Å². The summed E-state index contributed by atoms with van der Waals surface area (Å²) in [4.78, 5) is 12.6. The Labute approximate surface area is 110 Å². The van der Waals surface area contributed by atoms with Crippen LogP contribution >= 0.6 is 0 Å². The number of ketones is 1. The molecule has 4 fully saturated rings. The highest BCUT2D eigenvalue weighted by atomic mass is 16.5. The molecule has 0 atom stereocenters. The van der Waals surface area contributed by atoms with Crippen LogP contribution in [0.4, 0.5) is 0 Å². The third-order valence-corrected chi connectivity index (χ3v) is 5.49. The Morgan fingerprint density at radius 3 is 2.22 bits per heavy atom. The van der Waals surface area contributed by atoms with Crippen molar-refractivity contribution in [2.75, 3.05) is 26.8 Å². The highest BCUT2D eigenvalue weighted by Gasteiger charge is 2.54. The molecule has 0 aromatic rings. The highest BCUT2D eigenvalue weighted by molar-refractivity contribution is 5.86. The van der Waals surface area contributed by atoms with Crippen molar-refractivity contribution >= 4 is 5.78 Å². The number of Topliss-reactive ketones (excluding diaryl/α,β-unsaturated/α-hetero) is 1. The van der Waals surface area contributed by atoms with E-state index in [1.165, 1.54) is 38.5 Å². The van der Waals surface area contributed by atoms with Crippen LogP contribution < -0.4 is 5.32 Å². The lowest BCUT2D eigenvalue weighted by molar-refractivity contribution is -0.645. The maximum Gasteiger partial charge on any atom is 0.192 e. The third kappa shape index (κ3) is 2.23. The maximum absolute atomic E-state index is 12.6. The van der Waals surface area contributed by atoms with Crippen molar-refractivity contribution in [3.8, 4) is 0 Å². The first-order valence-electron chi connectivity index (χ1n) is 7.56. The van der Waals surface area contributed by atoms with Crippen LogP contribution in [0.15, 0.2) is 0 Å². The Bertz CT molecular complexity index is 291. The van der Waals surface area contributed by atoms with E-state index < -0.39 is 0 Å². The summed E-state index contributed by atoms with van der Waals surface area (Å²) in [6.45, 7) is 2.33. The number of rotatable bonds is 6. The summed E-state index contributed by atoms with van der Waals surface area (Å²) in [5.41, 5.74) is 0.0956. The van der Waals surface area contributed by atoms with Gasteiger partial charge in [0, 0.05) is 12.5 Å². The molecule has 4 aliphatic carbocycles. The minimum absolute atomic E-state index is 0.0956. The van der Waals surface area contributed by atoms with Gasteiger partial charge in [0.25, 0.3) is 0 Å². The van der Waals surface area contributed by atoms with Crippen LogP contribution in [0.1, 0.15) is 38.5 Å². The number of quaternary nitrogens is 1. The minimum Gasteiger partial charge on any atom is -0.379 e. The number of carbonyl (C=O) groups is 1. The van der Waals surface area contributed by atoms with Crippen molar-refractivity contribution in [3.63, 3.8) is 0 Å². The predicted molar refractivity (Wildman–Crippen MR) is 69.1 cm³/mol. The molecule has 0 unspecified atom stereocenters. The molecule has 2 N–H and O–H groups in total. The molecule has 0 aromatic carbocycles. The predicted octanol–water partition coefficient (Wildman–Crippen LogP) is 0.982. The molecule has 0 aromatic heterocycles. The van der Waals surface area contributed by atoms with Crippen LogP contribution in [0.2, 0.25) is 0 Å². The number of hydrogen-bond acceptors (Lipinski definition) is 2. The first-order valence-corrected chi connectivity index (χ1v) is 7.56. The quantitative estimate of drug-likeness (QED) is 0.716. The summed E-state index contributed by atoms with van der Waals surface area (Å²) in [5, 5.41) is 2.13. The molecular weight excluding hydrogens is 226 g/mol. The fraction of sp³-hybridized carbons (Fsp3) is 0.933. The number of nitrogens with two attached hydrogens (primary N) is 1. The van der Waals surface area contributed by atoms with E-state index >= 15 is 0 Å². The van der Waals surface area contributed by atoms with E-state index in [0.29, 0.717) is 12.3 Å². The largest absolute Gasteiger partial charge is 0.379 e. The lowest BCUT2D eigenvalue weighted by atomic mass is 9.48. The Morgan fingerprint density at radius 2 is 1.72 bits per heavy atom. The lowest BCUT2D eigenvalue weighted by Gasteiger charge is -2.55. The lowest BCUT2D eigenvalue weighted by Crippen LogP contribution is -2.87. The van der Waals surface area contributed by atoms with Gasteiger partial charge in [-0.3, -0.25) is 4.79 Å². The van der Waals surface area contributed by atoms with Crippen molar-refractivity contribution in [1.29, 1.82) is 0 Å². The van der Waals surface area contributed by atoms with Crippen LogP contribution in [0.25, 0.3) is 0 Å². The van der Waals surface area contributed by atoms with E-state index in [4.69, 9.17) is 4.74 Å². The second-order valence-electron chi connectivity index (χ2n) is 6.90. The van der Waals surface area contributed by atoms with E-state index in [9.17, 15) is 4.79 Å². The van der Waals surface area contributed by atoms with Crippen molar-refractivity contribution in [1.82, 2.24) is 0 Å². The Balaban J connectivity index is 1.59. The molecule has 4 saturated carbocycles. The van der Waals surface area contributed by atoms with Gasteiger partial charge in [0.1, 0.15) is 6.54 Å². The van der Waals surface area contributed by atoms with E-state index in [-0.39, 0.29) is 5.41 Å². The van der Waals surface area contributed by atoms with Gasteiger partial charge in [-0.2, -0.15) is 0 Å². The zero-order valence-corrected chi connectivity index (χ0v) is 11.5. The minimum atomic E-state index is 0.0956. The molecule has 0 radical (unpaired) electrons. The third-order valence-electron chi connectivity index (χ3n) is 5.49. The van der Waals surface area contributed by atoms with Gasteiger partial charge in [0.15, 0.2) is 5.78 Å². The molecule has 3 heteroatoms. The molecule has 4 rings (SSSR count). The Morgan fingerprint density at radius 1 is 1.17 bits per heavy atom. The first-order chi connectivity index (χ1) is 8.72. The molecular formula is C15H26NO2+. The average Bonchev–Trinajstić information content (AvgIpc) is 2.32. The summed E-state index contributed by atoms with van der Waals surface area (Å²) in [7, 11) is 1.72. The zero-order valence-electron chi connectivity index (χ0n) is 11.5. The Kier molecular flexibility index (Phi) is 3.46. The molecule has 0 saturated heterocycles. The van der Waals surface area contributed by atoms with Gasteiger partial charge in [-0.05, 0) is 56.3 Å². The molecule has 0 spiro atoms. The topological polar surface area (TPSA) is 42.9 Å². The van der Waals surface area contributed by atoms with Crippen LogP contribution in [0.3, 0.4) is 0 Å². The van der Waals surface area contributed by atoms with Gasteiger partial charge in [-0.25, -0.2) is 0 Å². The van der Waals surface area contributed by atoms with Gasteiger partial charge < -0.3 is 10.1 Å². The second-order valence-corrected chi connectivity index (χ2v) is 6.90. The van der Waals surface area contributed by atoms with Crippen molar-refractivity contribution in [2.24, 2.45) is 23.2 Å².